The SMILES string of the molecule is CC(OC1CCCCC1)OC1CC2(C)C=CC1C2. The van der Waals surface area contributed by atoms with Gasteiger partial charge < -0.3 is 9.47 Å². The smallest absolute Gasteiger partial charge is 0.155 e. The molecule has 102 valence electrons. The normalized spacial score (nSPS) is 41.4. The van der Waals surface area contributed by atoms with E-state index in [0.717, 1.165) is 0 Å². The van der Waals surface area contributed by atoms with Gasteiger partial charge in [-0.3, -0.25) is 0 Å². The summed E-state index contributed by atoms with van der Waals surface area (Å²) >= 11 is 0. The van der Waals surface area contributed by atoms with Gasteiger partial charge in [0, 0.05) is 5.92 Å². The molecule has 18 heavy (non-hydrogen) atoms. The number of allylic oxidation sites excluding steroid dienone is 1. The van der Waals surface area contributed by atoms with Crippen LogP contribution in [0.4, 0.5) is 0 Å². The highest BCUT2D eigenvalue weighted by Gasteiger charge is 2.45. The molecule has 2 nitrogen and oxygen atoms in total. The van der Waals surface area contributed by atoms with Gasteiger partial charge in [0.2, 0.25) is 0 Å². The Labute approximate surface area is 111 Å². The molecular formula is C16H26O2. The van der Waals surface area contributed by atoms with E-state index in [1.165, 1.54) is 44.9 Å². The fourth-order valence-corrected chi connectivity index (χ4v) is 3.95. The molecule has 0 radical (unpaired) electrons. The molecule has 0 amide bonds. The third-order valence-electron chi connectivity index (χ3n) is 4.90. The molecule has 4 atom stereocenters. The van der Waals surface area contributed by atoms with E-state index in [-0.39, 0.29) is 6.29 Å². The Morgan fingerprint density at radius 2 is 1.89 bits per heavy atom. The monoisotopic (exact) mass is 250 g/mol. The Hall–Kier alpha value is -0.340. The van der Waals surface area contributed by atoms with Crippen LogP contribution in [-0.2, 0) is 9.47 Å². The molecular weight excluding hydrogens is 224 g/mol. The van der Waals surface area contributed by atoms with Gasteiger partial charge in [-0.25, -0.2) is 0 Å². The predicted octanol–water partition coefficient (Wildman–Crippen LogP) is 4.05. The van der Waals surface area contributed by atoms with Crippen molar-refractivity contribution in [2.75, 3.05) is 0 Å². The van der Waals surface area contributed by atoms with E-state index in [1.54, 1.807) is 0 Å². The van der Waals surface area contributed by atoms with Gasteiger partial charge in [-0.2, -0.15) is 0 Å². The first-order chi connectivity index (χ1) is 8.65. The molecule has 0 aromatic rings. The molecule has 0 heterocycles. The van der Waals surface area contributed by atoms with E-state index in [2.05, 4.69) is 26.0 Å². The number of hydrogen-bond donors (Lipinski definition) is 0. The lowest BCUT2D eigenvalue weighted by molar-refractivity contribution is -0.194. The summed E-state index contributed by atoms with van der Waals surface area (Å²) in [5, 5.41) is 0. The van der Waals surface area contributed by atoms with E-state index in [0.29, 0.717) is 23.5 Å². The largest absolute Gasteiger partial charge is 0.350 e. The van der Waals surface area contributed by atoms with Gasteiger partial charge >= 0.3 is 0 Å². The lowest BCUT2D eigenvalue weighted by Crippen LogP contribution is -2.30. The minimum absolute atomic E-state index is 0.0329. The van der Waals surface area contributed by atoms with Crippen LogP contribution in [0.3, 0.4) is 0 Å². The second-order valence-corrected chi connectivity index (χ2v) is 6.72. The maximum atomic E-state index is 6.14. The first kappa shape index (κ1) is 12.7. The Kier molecular flexibility index (Phi) is 3.50. The molecule has 0 N–H and O–H groups in total. The van der Waals surface area contributed by atoms with Gasteiger partial charge in [0.25, 0.3) is 0 Å². The Bertz CT molecular complexity index is 319. The van der Waals surface area contributed by atoms with Crippen molar-refractivity contribution in [2.45, 2.75) is 77.3 Å². The summed E-state index contributed by atoms with van der Waals surface area (Å²) in [4.78, 5) is 0. The van der Waals surface area contributed by atoms with E-state index < -0.39 is 0 Å². The van der Waals surface area contributed by atoms with E-state index in [4.69, 9.17) is 9.47 Å². The zero-order valence-electron chi connectivity index (χ0n) is 11.7. The zero-order valence-corrected chi connectivity index (χ0v) is 11.7. The van der Waals surface area contributed by atoms with E-state index in [9.17, 15) is 0 Å². The standard InChI is InChI=1S/C16H26O2/c1-12(17-14-6-4-3-5-7-14)18-15-11-16(2)9-8-13(15)10-16/h8-9,12-15H,3-7,10-11H2,1-2H3. The molecule has 0 saturated heterocycles. The molecule has 4 unspecified atom stereocenters. The summed E-state index contributed by atoms with van der Waals surface area (Å²) in [5.74, 6) is 0.632. The Morgan fingerprint density at radius 3 is 2.50 bits per heavy atom. The molecule has 3 aliphatic carbocycles. The molecule has 2 fully saturated rings. The van der Waals surface area contributed by atoms with Crippen molar-refractivity contribution in [2.24, 2.45) is 11.3 Å². The number of fused-ring (bicyclic) bond motifs is 2. The van der Waals surface area contributed by atoms with Crippen molar-refractivity contribution in [3.8, 4) is 0 Å². The van der Waals surface area contributed by atoms with E-state index in [1.807, 2.05) is 0 Å². The van der Waals surface area contributed by atoms with Crippen LogP contribution >= 0.6 is 0 Å². The van der Waals surface area contributed by atoms with Crippen LogP contribution in [0, 0.1) is 11.3 Å². The van der Waals surface area contributed by atoms with Crippen LogP contribution in [-0.4, -0.2) is 18.5 Å². The zero-order chi connectivity index (χ0) is 12.6. The average Bonchev–Trinajstić information content (AvgIpc) is 2.85. The first-order valence-electron chi connectivity index (χ1n) is 7.65. The lowest BCUT2D eigenvalue weighted by atomic mass is 9.90. The van der Waals surface area contributed by atoms with Crippen LogP contribution in [0.25, 0.3) is 0 Å². The summed E-state index contributed by atoms with van der Waals surface area (Å²) < 4.78 is 12.2. The molecule has 0 spiro atoms. The fourth-order valence-electron chi connectivity index (χ4n) is 3.95. The number of hydrogen-bond acceptors (Lipinski definition) is 2. The summed E-state index contributed by atoms with van der Waals surface area (Å²) in [6.07, 6.45) is 14.4. The third kappa shape index (κ3) is 2.65. The molecule has 2 saturated carbocycles. The van der Waals surface area contributed by atoms with Gasteiger partial charge in [0.05, 0.1) is 12.2 Å². The molecule has 3 aliphatic rings. The van der Waals surface area contributed by atoms with Crippen molar-refractivity contribution in [3.63, 3.8) is 0 Å². The van der Waals surface area contributed by atoms with Crippen molar-refractivity contribution in [3.05, 3.63) is 12.2 Å². The highest BCUT2D eigenvalue weighted by Crippen LogP contribution is 2.50. The molecule has 0 aromatic carbocycles. The maximum absolute atomic E-state index is 6.14. The minimum atomic E-state index is -0.0329. The highest BCUT2D eigenvalue weighted by molar-refractivity contribution is 5.17. The van der Waals surface area contributed by atoms with Gasteiger partial charge in [-0.05, 0) is 38.0 Å². The summed E-state index contributed by atoms with van der Waals surface area (Å²) in [5.41, 5.74) is 0.403. The second-order valence-electron chi connectivity index (χ2n) is 6.72. The Morgan fingerprint density at radius 1 is 1.11 bits per heavy atom. The molecule has 3 rings (SSSR count). The fraction of sp³-hybridized carbons (Fsp3) is 0.875. The first-order valence-corrected chi connectivity index (χ1v) is 7.65. The Balaban J connectivity index is 1.47. The van der Waals surface area contributed by atoms with Gasteiger partial charge in [0.15, 0.2) is 6.29 Å². The van der Waals surface area contributed by atoms with Crippen molar-refractivity contribution in [1.29, 1.82) is 0 Å². The van der Waals surface area contributed by atoms with Crippen LogP contribution in [0.1, 0.15) is 58.8 Å². The van der Waals surface area contributed by atoms with Crippen LogP contribution in [0.5, 0.6) is 0 Å². The predicted molar refractivity (Wildman–Crippen MR) is 72.3 cm³/mol. The summed E-state index contributed by atoms with van der Waals surface area (Å²) in [6, 6.07) is 0. The van der Waals surface area contributed by atoms with Crippen LogP contribution in [0.15, 0.2) is 12.2 Å². The lowest BCUT2D eigenvalue weighted by Gasteiger charge is -2.29. The van der Waals surface area contributed by atoms with Crippen molar-refractivity contribution in [1.82, 2.24) is 0 Å². The minimum Gasteiger partial charge on any atom is -0.350 e. The van der Waals surface area contributed by atoms with Gasteiger partial charge in [-0.15, -0.1) is 0 Å². The third-order valence-corrected chi connectivity index (χ3v) is 4.90. The summed E-state index contributed by atoms with van der Waals surface area (Å²) in [6.45, 7) is 4.42. The second kappa shape index (κ2) is 4.97. The van der Waals surface area contributed by atoms with Gasteiger partial charge in [0.1, 0.15) is 0 Å². The van der Waals surface area contributed by atoms with E-state index >= 15 is 0 Å². The van der Waals surface area contributed by atoms with Crippen LogP contribution in [0.2, 0.25) is 0 Å². The van der Waals surface area contributed by atoms with Crippen molar-refractivity contribution >= 4 is 0 Å². The molecule has 2 heteroatoms. The average molecular weight is 250 g/mol. The molecule has 2 bridgehead atoms. The summed E-state index contributed by atoms with van der Waals surface area (Å²) in [7, 11) is 0. The number of rotatable bonds is 4. The molecule has 0 aromatic heterocycles. The number of ether oxygens (including phenoxy) is 2. The molecule has 0 aliphatic heterocycles. The van der Waals surface area contributed by atoms with Crippen LogP contribution < -0.4 is 0 Å². The van der Waals surface area contributed by atoms with Gasteiger partial charge in [-0.1, -0.05) is 38.3 Å². The van der Waals surface area contributed by atoms with Crippen molar-refractivity contribution < 1.29 is 9.47 Å². The quantitative estimate of drug-likeness (QED) is 0.553. The maximum Gasteiger partial charge on any atom is 0.155 e. The topological polar surface area (TPSA) is 18.5 Å². The highest BCUT2D eigenvalue weighted by atomic mass is 16.7.